The van der Waals surface area contributed by atoms with Crippen molar-refractivity contribution in [3.05, 3.63) is 64.3 Å². The van der Waals surface area contributed by atoms with E-state index < -0.39 is 11.4 Å². The standard InChI is InChI=1S/C19H18FN3O4/c20-14-2-1-3-15(8-14)23-12-19(27-10-17(23)25)6-7-22(11-19)18(26)13-4-5-16(24)21-9-13/h1-5,8-9H,6-7,10-12H2,(H,21,24). The molecule has 7 nitrogen and oxygen atoms in total. The number of rotatable bonds is 2. The highest BCUT2D eigenvalue weighted by molar-refractivity contribution is 5.96. The number of halogens is 1. The molecule has 1 N–H and O–H groups in total. The van der Waals surface area contributed by atoms with Crippen LogP contribution in [0.4, 0.5) is 10.1 Å². The Morgan fingerprint density at radius 1 is 1.19 bits per heavy atom. The third-order valence-electron chi connectivity index (χ3n) is 5.00. The number of nitrogens with zero attached hydrogens (tertiary/aromatic N) is 2. The van der Waals surface area contributed by atoms with E-state index >= 15 is 0 Å². The Bertz CT molecular complexity index is 939. The van der Waals surface area contributed by atoms with Crippen LogP contribution in [0.3, 0.4) is 0 Å². The van der Waals surface area contributed by atoms with E-state index in [0.29, 0.717) is 30.8 Å². The van der Waals surface area contributed by atoms with Gasteiger partial charge in [0.2, 0.25) is 5.56 Å². The molecule has 140 valence electrons. The van der Waals surface area contributed by atoms with Crippen molar-refractivity contribution < 1.29 is 18.7 Å². The van der Waals surface area contributed by atoms with Crippen molar-refractivity contribution in [2.24, 2.45) is 0 Å². The molecule has 2 saturated heterocycles. The summed E-state index contributed by atoms with van der Waals surface area (Å²) in [5, 5.41) is 0. The second kappa shape index (κ2) is 6.62. The zero-order chi connectivity index (χ0) is 19.0. The lowest BCUT2D eigenvalue weighted by Crippen LogP contribution is -2.56. The van der Waals surface area contributed by atoms with Gasteiger partial charge in [0.05, 0.1) is 18.7 Å². The van der Waals surface area contributed by atoms with E-state index in [1.54, 1.807) is 17.0 Å². The summed E-state index contributed by atoms with van der Waals surface area (Å²) >= 11 is 0. The highest BCUT2D eigenvalue weighted by atomic mass is 19.1. The number of carbonyl (C=O) groups excluding carboxylic acids is 2. The van der Waals surface area contributed by atoms with E-state index in [1.807, 2.05) is 0 Å². The third-order valence-corrected chi connectivity index (χ3v) is 5.00. The minimum absolute atomic E-state index is 0.114. The first-order valence-corrected chi connectivity index (χ1v) is 8.64. The molecule has 0 bridgehead atoms. The fourth-order valence-electron chi connectivity index (χ4n) is 3.59. The largest absolute Gasteiger partial charge is 0.361 e. The molecule has 1 aromatic carbocycles. The summed E-state index contributed by atoms with van der Waals surface area (Å²) in [5.41, 5.74) is -0.0872. The fraction of sp³-hybridized carbons (Fsp3) is 0.316. The number of carbonyl (C=O) groups is 2. The molecule has 0 radical (unpaired) electrons. The Hall–Kier alpha value is -3.00. The van der Waals surface area contributed by atoms with Crippen LogP contribution < -0.4 is 10.5 Å². The van der Waals surface area contributed by atoms with Crippen LogP contribution in [-0.4, -0.2) is 53.5 Å². The summed E-state index contributed by atoms with van der Waals surface area (Å²) < 4.78 is 19.4. The molecule has 1 unspecified atom stereocenters. The van der Waals surface area contributed by atoms with Gasteiger partial charge in [0.25, 0.3) is 11.8 Å². The number of nitrogens with one attached hydrogen (secondary N) is 1. The second-order valence-electron chi connectivity index (χ2n) is 6.85. The van der Waals surface area contributed by atoms with Gasteiger partial charge in [0.15, 0.2) is 0 Å². The number of anilines is 1. The molecule has 1 atom stereocenters. The second-order valence-corrected chi connectivity index (χ2v) is 6.85. The van der Waals surface area contributed by atoms with Gasteiger partial charge in [-0.25, -0.2) is 4.39 Å². The molecule has 2 aliphatic heterocycles. The molecule has 4 rings (SSSR count). The number of ether oxygens (including phenoxy) is 1. The topological polar surface area (TPSA) is 82.7 Å². The van der Waals surface area contributed by atoms with Crippen molar-refractivity contribution in [2.45, 2.75) is 12.0 Å². The minimum Gasteiger partial charge on any atom is -0.361 e. The van der Waals surface area contributed by atoms with Crippen molar-refractivity contribution in [3.63, 3.8) is 0 Å². The molecular weight excluding hydrogens is 353 g/mol. The maximum Gasteiger partial charge on any atom is 0.255 e. The van der Waals surface area contributed by atoms with Gasteiger partial charge >= 0.3 is 0 Å². The predicted octanol–water partition coefficient (Wildman–Crippen LogP) is 1.16. The zero-order valence-electron chi connectivity index (χ0n) is 14.5. The van der Waals surface area contributed by atoms with E-state index in [2.05, 4.69) is 4.98 Å². The lowest BCUT2D eigenvalue weighted by molar-refractivity contribution is -0.137. The van der Waals surface area contributed by atoms with E-state index in [0.717, 1.165) is 0 Å². The number of aromatic amines is 1. The van der Waals surface area contributed by atoms with E-state index in [4.69, 9.17) is 4.74 Å². The van der Waals surface area contributed by atoms with Crippen LogP contribution in [0.1, 0.15) is 16.8 Å². The van der Waals surface area contributed by atoms with Crippen molar-refractivity contribution in [2.75, 3.05) is 31.1 Å². The average molecular weight is 371 g/mol. The van der Waals surface area contributed by atoms with Gasteiger partial charge in [-0.1, -0.05) is 6.07 Å². The van der Waals surface area contributed by atoms with Crippen LogP contribution in [-0.2, 0) is 9.53 Å². The molecule has 2 aromatic rings. The molecule has 2 fully saturated rings. The fourth-order valence-corrected chi connectivity index (χ4v) is 3.59. The van der Waals surface area contributed by atoms with Crippen LogP contribution in [0.25, 0.3) is 0 Å². The Kier molecular flexibility index (Phi) is 4.27. The first-order valence-electron chi connectivity index (χ1n) is 8.64. The van der Waals surface area contributed by atoms with E-state index in [-0.39, 0.29) is 30.5 Å². The Morgan fingerprint density at radius 3 is 2.78 bits per heavy atom. The SMILES string of the molecule is O=C(c1ccc(=O)[nH]c1)N1CCC2(C1)CN(c1cccc(F)c1)C(=O)CO2. The number of aromatic nitrogens is 1. The van der Waals surface area contributed by atoms with Crippen LogP contribution >= 0.6 is 0 Å². The average Bonchev–Trinajstić information content (AvgIpc) is 3.08. The Morgan fingerprint density at radius 2 is 2.04 bits per heavy atom. The van der Waals surface area contributed by atoms with Crippen LogP contribution in [0, 0.1) is 5.82 Å². The lowest BCUT2D eigenvalue weighted by atomic mass is 10.00. The molecule has 27 heavy (non-hydrogen) atoms. The molecule has 1 aromatic heterocycles. The number of hydrogen-bond acceptors (Lipinski definition) is 4. The van der Waals surface area contributed by atoms with Gasteiger partial charge in [-0.2, -0.15) is 0 Å². The van der Waals surface area contributed by atoms with Gasteiger partial charge in [0, 0.05) is 24.5 Å². The number of benzene rings is 1. The van der Waals surface area contributed by atoms with Gasteiger partial charge in [-0.05, 0) is 30.7 Å². The highest BCUT2D eigenvalue weighted by Crippen LogP contribution is 2.32. The normalized spacial score (nSPS) is 22.5. The van der Waals surface area contributed by atoms with Crippen LogP contribution in [0.5, 0.6) is 0 Å². The molecule has 0 saturated carbocycles. The number of likely N-dealkylation sites (tertiary alicyclic amines) is 1. The van der Waals surface area contributed by atoms with Gasteiger partial charge < -0.3 is 19.5 Å². The summed E-state index contributed by atoms with van der Waals surface area (Å²) in [5.74, 6) is -0.861. The summed E-state index contributed by atoms with van der Waals surface area (Å²) in [6.45, 7) is 0.940. The molecule has 2 aliphatic rings. The monoisotopic (exact) mass is 371 g/mol. The Labute approximate surface area is 154 Å². The minimum atomic E-state index is -0.682. The van der Waals surface area contributed by atoms with Crippen molar-refractivity contribution in [1.82, 2.24) is 9.88 Å². The van der Waals surface area contributed by atoms with Crippen molar-refractivity contribution in [1.29, 1.82) is 0 Å². The zero-order valence-corrected chi connectivity index (χ0v) is 14.5. The molecule has 3 heterocycles. The first kappa shape index (κ1) is 17.4. The number of pyridine rings is 1. The third kappa shape index (κ3) is 3.35. The van der Waals surface area contributed by atoms with Gasteiger partial charge in [0.1, 0.15) is 18.0 Å². The van der Waals surface area contributed by atoms with Gasteiger partial charge in [-0.15, -0.1) is 0 Å². The predicted molar refractivity (Wildman–Crippen MR) is 95.0 cm³/mol. The Balaban J connectivity index is 1.52. The summed E-state index contributed by atoms with van der Waals surface area (Å²) in [7, 11) is 0. The first-order chi connectivity index (χ1) is 13.0. The molecule has 0 aliphatic carbocycles. The smallest absolute Gasteiger partial charge is 0.255 e. The summed E-state index contributed by atoms with van der Waals surface area (Å²) in [6.07, 6.45) is 1.96. The quantitative estimate of drug-likeness (QED) is 0.859. The summed E-state index contributed by atoms with van der Waals surface area (Å²) in [4.78, 5) is 41.8. The maximum atomic E-state index is 13.6. The van der Waals surface area contributed by atoms with Gasteiger partial charge in [-0.3, -0.25) is 14.4 Å². The molecule has 8 heteroatoms. The number of H-pyrrole nitrogens is 1. The van der Waals surface area contributed by atoms with Crippen LogP contribution in [0.15, 0.2) is 47.4 Å². The van der Waals surface area contributed by atoms with E-state index in [1.165, 1.54) is 35.4 Å². The molecule has 2 amide bonds. The van der Waals surface area contributed by atoms with Crippen molar-refractivity contribution in [3.8, 4) is 0 Å². The number of amides is 2. The maximum absolute atomic E-state index is 13.6. The number of morpholine rings is 1. The molecular formula is C19H18FN3O4. The molecule has 1 spiro atoms. The van der Waals surface area contributed by atoms with Crippen molar-refractivity contribution >= 4 is 17.5 Å². The van der Waals surface area contributed by atoms with Crippen LogP contribution in [0.2, 0.25) is 0 Å². The lowest BCUT2D eigenvalue weighted by Gasteiger charge is -2.40. The van der Waals surface area contributed by atoms with E-state index in [9.17, 15) is 18.8 Å². The highest BCUT2D eigenvalue weighted by Gasteiger charge is 2.46. The summed E-state index contributed by atoms with van der Waals surface area (Å²) in [6, 6.07) is 8.66. The number of hydrogen-bond donors (Lipinski definition) is 1.